The van der Waals surface area contributed by atoms with Gasteiger partial charge in [0.05, 0.1) is 11.1 Å². The first-order valence-electron chi connectivity index (χ1n) is 5.50. The number of nitro groups is 1. The molecule has 0 spiro atoms. The number of aromatic nitrogens is 2. The molecule has 1 aromatic heterocycles. The van der Waals surface area contributed by atoms with E-state index in [9.17, 15) is 14.9 Å². The van der Waals surface area contributed by atoms with E-state index in [1.54, 1.807) is 12.1 Å². The molecule has 0 amide bonds. The third-order valence-corrected chi connectivity index (χ3v) is 2.38. The van der Waals surface area contributed by atoms with Crippen molar-refractivity contribution in [2.24, 2.45) is 0 Å². The lowest BCUT2D eigenvalue weighted by atomic mass is 10.1. The molecule has 0 fully saturated rings. The minimum absolute atomic E-state index is 0.0452. The average molecular weight is 261 g/mol. The number of benzene rings is 1. The van der Waals surface area contributed by atoms with Crippen LogP contribution in [0.15, 0.2) is 30.5 Å². The van der Waals surface area contributed by atoms with Crippen LogP contribution < -0.4 is 4.74 Å². The Kier molecular flexibility index (Phi) is 3.56. The van der Waals surface area contributed by atoms with Crippen molar-refractivity contribution in [3.63, 3.8) is 0 Å². The third kappa shape index (κ3) is 3.38. The van der Waals surface area contributed by atoms with Gasteiger partial charge in [-0.1, -0.05) is 12.1 Å². The molecule has 1 heterocycles. The lowest BCUT2D eigenvalue weighted by Gasteiger charge is -1.98. The number of hydrogen-bond donors (Lipinski definition) is 1. The van der Waals surface area contributed by atoms with Gasteiger partial charge in [-0.15, -0.1) is 0 Å². The SMILES string of the molecule is CC(=O)Oc1cnc(Cc2ccc([N+](=O)[O-])cc2)[nH]1. The van der Waals surface area contributed by atoms with Gasteiger partial charge in [-0.05, 0) is 5.56 Å². The Balaban J connectivity index is 2.06. The van der Waals surface area contributed by atoms with Crippen molar-refractivity contribution in [3.05, 3.63) is 52.0 Å². The molecule has 1 N–H and O–H groups in total. The Morgan fingerprint density at radius 2 is 2.11 bits per heavy atom. The fourth-order valence-corrected chi connectivity index (χ4v) is 1.57. The molecule has 1 aromatic carbocycles. The number of carbonyl (C=O) groups is 1. The number of aromatic amines is 1. The summed E-state index contributed by atoms with van der Waals surface area (Å²) in [5.41, 5.74) is 0.915. The third-order valence-electron chi connectivity index (χ3n) is 2.38. The number of esters is 1. The monoisotopic (exact) mass is 261 g/mol. The zero-order chi connectivity index (χ0) is 13.8. The molecule has 7 heteroatoms. The fraction of sp³-hybridized carbons (Fsp3) is 0.167. The van der Waals surface area contributed by atoms with Gasteiger partial charge in [0.15, 0.2) is 0 Å². The van der Waals surface area contributed by atoms with Crippen molar-refractivity contribution in [2.45, 2.75) is 13.3 Å². The number of nitro benzene ring substituents is 1. The summed E-state index contributed by atoms with van der Waals surface area (Å²) in [5, 5.41) is 10.5. The molecule has 0 atom stereocenters. The Labute approximate surface area is 108 Å². The van der Waals surface area contributed by atoms with Gasteiger partial charge in [-0.25, -0.2) is 4.98 Å². The molecule has 0 aliphatic rings. The van der Waals surface area contributed by atoms with Gasteiger partial charge in [0.25, 0.3) is 5.69 Å². The maximum Gasteiger partial charge on any atom is 0.309 e. The largest absolute Gasteiger partial charge is 0.408 e. The zero-order valence-corrected chi connectivity index (χ0v) is 10.1. The van der Waals surface area contributed by atoms with E-state index in [2.05, 4.69) is 9.97 Å². The quantitative estimate of drug-likeness (QED) is 0.514. The summed E-state index contributed by atoms with van der Waals surface area (Å²) < 4.78 is 4.84. The predicted molar refractivity (Wildman–Crippen MR) is 65.8 cm³/mol. The predicted octanol–water partition coefficient (Wildman–Crippen LogP) is 1.83. The van der Waals surface area contributed by atoms with Gasteiger partial charge in [-0.2, -0.15) is 0 Å². The van der Waals surface area contributed by atoms with E-state index in [1.165, 1.54) is 25.3 Å². The van der Waals surface area contributed by atoms with Crippen molar-refractivity contribution >= 4 is 11.7 Å². The molecular weight excluding hydrogens is 250 g/mol. The van der Waals surface area contributed by atoms with Gasteiger partial charge >= 0.3 is 5.97 Å². The highest BCUT2D eigenvalue weighted by Crippen LogP contribution is 2.15. The number of ether oxygens (including phenoxy) is 1. The highest BCUT2D eigenvalue weighted by Gasteiger charge is 2.07. The van der Waals surface area contributed by atoms with Crippen molar-refractivity contribution in [2.75, 3.05) is 0 Å². The highest BCUT2D eigenvalue weighted by molar-refractivity contribution is 5.68. The zero-order valence-electron chi connectivity index (χ0n) is 10.1. The Morgan fingerprint density at radius 1 is 1.42 bits per heavy atom. The molecule has 0 aliphatic heterocycles. The summed E-state index contributed by atoms with van der Waals surface area (Å²) in [6.45, 7) is 1.30. The van der Waals surface area contributed by atoms with E-state index in [0.717, 1.165) is 5.56 Å². The fourth-order valence-electron chi connectivity index (χ4n) is 1.57. The van der Waals surface area contributed by atoms with Crippen LogP contribution in [0.2, 0.25) is 0 Å². The van der Waals surface area contributed by atoms with Crippen LogP contribution in [0, 0.1) is 10.1 Å². The first kappa shape index (κ1) is 12.7. The van der Waals surface area contributed by atoms with Crippen LogP contribution in [-0.4, -0.2) is 20.9 Å². The van der Waals surface area contributed by atoms with Crippen LogP contribution in [-0.2, 0) is 11.2 Å². The number of nitrogens with zero attached hydrogens (tertiary/aromatic N) is 2. The van der Waals surface area contributed by atoms with Crippen molar-refractivity contribution in [1.82, 2.24) is 9.97 Å². The first-order valence-corrected chi connectivity index (χ1v) is 5.50. The van der Waals surface area contributed by atoms with Gasteiger partial charge < -0.3 is 9.72 Å². The van der Waals surface area contributed by atoms with E-state index in [4.69, 9.17) is 4.74 Å². The molecular formula is C12H11N3O4. The molecule has 98 valence electrons. The summed E-state index contributed by atoms with van der Waals surface area (Å²) in [4.78, 5) is 27.7. The normalized spacial score (nSPS) is 10.2. The molecule has 0 saturated heterocycles. The van der Waals surface area contributed by atoms with Crippen molar-refractivity contribution < 1.29 is 14.5 Å². The van der Waals surface area contributed by atoms with E-state index in [-0.39, 0.29) is 11.6 Å². The van der Waals surface area contributed by atoms with Crippen LogP contribution in [0.5, 0.6) is 5.88 Å². The lowest BCUT2D eigenvalue weighted by Crippen LogP contribution is -2.01. The number of rotatable bonds is 4. The maximum absolute atomic E-state index is 10.7. The minimum Gasteiger partial charge on any atom is -0.408 e. The average Bonchev–Trinajstić information content (AvgIpc) is 2.76. The van der Waals surface area contributed by atoms with Crippen molar-refractivity contribution in [1.29, 1.82) is 0 Å². The number of hydrogen-bond acceptors (Lipinski definition) is 5. The van der Waals surface area contributed by atoms with Crippen LogP contribution in [0.1, 0.15) is 18.3 Å². The lowest BCUT2D eigenvalue weighted by molar-refractivity contribution is -0.384. The Bertz CT molecular complexity index is 604. The summed E-state index contributed by atoms with van der Waals surface area (Å²) in [6.07, 6.45) is 1.89. The number of carbonyl (C=O) groups excluding carboxylic acids is 1. The molecule has 0 bridgehead atoms. The Hall–Kier alpha value is -2.70. The summed E-state index contributed by atoms with van der Waals surface area (Å²) in [6, 6.07) is 6.19. The van der Waals surface area contributed by atoms with Gasteiger partial charge in [0.1, 0.15) is 5.82 Å². The molecule has 2 rings (SSSR count). The second-order valence-corrected chi connectivity index (χ2v) is 3.89. The highest BCUT2D eigenvalue weighted by atomic mass is 16.6. The van der Waals surface area contributed by atoms with Crippen LogP contribution in [0.25, 0.3) is 0 Å². The second kappa shape index (κ2) is 5.30. The second-order valence-electron chi connectivity index (χ2n) is 3.89. The van der Waals surface area contributed by atoms with E-state index >= 15 is 0 Å². The summed E-state index contributed by atoms with van der Waals surface area (Å²) >= 11 is 0. The number of non-ortho nitro benzene ring substituents is 1. The smallest absolute Gasteiger partial charge is 0.309 e. The van der Waals surface area contributed by atoms with E-state index in [0.29, 0.717) is 12.2 Å². The van der Waals surface area contributed by atoms with Gasteiger partial charge in [0.2, 0.25) is 5.88 Å². The molecule has 19 heavy (non-hydrogen) atoms. The number of nitrogens with one attached hydrogen (secondary N) is 1. The van der Waals surface area contributed by atoms with Crippen LogP contribution >= 0.6 is 0 Å². The maximum atomic E-state index is 10.7. The number of imidazole rings is 1. The summed E-state index contributed by atoms with van der Waals surface area (Å²) in [5.74, 6) is 0.472. The molecule has 0 aliphatic carbocycles. The molecule has 0 radical (unpaired) electrons. The van der Waals surface area contributed by atoms with E-state index in [1.807, 2.05) is 0 Å². The van der Waals surface area contributed by atoms with Crippen LogP contribution in [0.3, 0.4) is 0 Å². The number of H-pyrrole nitrogens is 1. The molecule has 0 unspecified atom stereocenters. The molecule has 2 aromatic rings. The molecule has 7 nitrogen and oxygen atoms in total. The van der Waals surface area contributed by atoms with Crippen LogP contribution in [0.4, 0.5) is 5.69 Å². The van der Waals surface area contributed by atoms with Gasteiger partial charge in [0, 0.05) is 25.5 Å². The standard InChI is InChI=1S/C12H11N3O4/c1-8(16)19-12-7-13-11(14-12)6-9-2-4-10(5-3-9)15(17)18/h2-5,7H,6H2,1H3,(H,13,14). The molecule has 0 saturated carbocycles. The summed E-state index contributed by atoms with van der Waals surface area (Å²) in [7, 11) is 0. The van der Waals surface area contributed by atoms with E-state index < -0.39 is 10.9 Å². The van der Waals surface area contributed by atoms with Gasteiger partial charge in [-0.3, -0.25) is 14.9 Å². The topological polar surface area (TPSA) is 98.1 Å². The first-order chi connectivity index (χ1) is 9.04. The Morgan fingerprint density at radius 3 is 2.68 bits per heavy atom. The minimum atomic E-state index is -0.449. The van der Waals surface area contributed by atoms with Crippen molar-refractivity contribution in [3.8, 4) is 5.88 Å².